The number of hydrogen-bond acceptors (Lipinski definition) is 7. The molecule has 0 saturated carbocycles. The molecule has 0 unspecified atom stereocenters. The van der Waals surface area contributed by atoms with Gasteiger partial charge in [-0.05, 0) is 44.9 Å². The number of aromatic hydroxyl groups is 1. The van der Waals surface area contributed by atoms with Gasteiger partial charge in [-0.3, -0.25) is 9.59 Å². The largest absolute Gasteiger partial charge is 0.505 e. The van der Waals surface area contributed by atoms with Crippen LogP contribution in [-0.4, -0.2) is 33.4 Å². The van der Waals surface area contributed by atoms with E-state index in [-0.39, 0.29) is 24.5 Å². The Bertz CT molecular complexity index is 1260. The molecule has 2 heterocycles. The molecule has 3 aromatic rings. The van der Waals surface area contributed by atoms with Gasteiger partial charge in [-0.1, -0.05) is 23.4 Å². The van der Waals surface area contributed by atoms with Crippen molar-refractivity contribution in [2.45, 2.75) is 40.2 Å². The summed E-state index contributed by atoms with van der Waals surface area (Å²) < 4.78 is 11.6. The van der Waals surface area contributed by atoms with E-state index in [0.29, 0.717) is 22.7 Å². The number of nitrogens with zero attached hydrogens (tertiary/aromatic N) is 2. The molecule has 180 valence electrons. The minimum atomic E-state index is -0.768. The summed E-state index contributed by atoms with van der Waals surface area (Å²) in [6.45, 7) is 7.19. The summed E-state index contributed by atoms with van der Waals surface area (Å²) in [5, 5.41) is 19.3. The SMILES string of the molecule is CCOC(=O)C[C@H](NC(=O)Nc1c(O)cc(C)n(C)c1=O)c1cccc(-c2c(C)noc2C)c1. The lowest BCUT2D eigenvalue weighted by Gasteiger charge is -2.20. The Morgan fingerprint density at radius 3 is 2.62 bits per heavy atom. The number of anilines is 1. The van der Waals surface area contributed by atoms with Crippen LogP contribution in [0.2, 0.25) is 0 Å². The third-order valence-electron chi connectivity index (χ3n) is 5.48. The molecule has 0 aliphatic carbocycles. The quantitative estimate of drug-likeness (QED) is 0.452. The summed E-state index contributed by atoms with van der Waals surface area (Å²) in [5.41, 5.74) is 2.71. The maximum Gasteiger partial charge on any atom is 0.319 e. The summed E-state index contributed by atoms with van der Waals surface area (Å²) in [6.07, 6.45) is -0.135. The number of urea groups is 1. The first-order valence-corrected chi connectivity index (χ1v) is 10.8. The average Bonchev–Trinajstić information content (AvgIpc) is 3.13. The lowest BCUT2D eigenvalue weighted by molar-refractivity contribution is -0.143. The van der Waals surface area contributed by atoms with Gasteiger partial charge in [-0.2, -0.15) is 0 Å². The van der Waals surface area contributed by atoms with E-state index in [1.807, 2.05) is 19.1 Å². The Morgan fingerprint density at radius 1 is 1.24 bits per heavy atom. The van der Waals surface area contributed by atoms with Crippen LogP contribution in [0.3, 0.4) is 0 Å². The van der Waals surface area contributed by atoms with Gasteiger partial charge in [0, 0.05) is 24.4 Å². The molecular weight excluding hydrogens is 440 g/mol. The van der Waals surface area contributed by atoms with Crippen molar-refractivity contribution in [3.8, 4) is 16.9 Å². The van der Waals surface area contributed by atoms with Crippen molar-refractivity contribution in [1.82, 2.24) is 15.0 Å². The van der Waals surface area contributed by atoms with Crippen molar-refractivity contribution < 1.29 is 24.0 Å². The summed E-state index contributed by atoms with van der Waals surface area (Å²) in [6, 6.07) is 7.14. The highest BCUT2D eigenvalue weighted by atomic mass is 16.5. The van der Waals surface area contributed by atoms with Crippen molar-refractivity contribution in [3.05, 3.63) is 63.4 Å². The smallest absolute Gasteiger partial charge is 0.319 e. The second kappa shape index (κ2) is 10.2. The maximum atomic E-state index is 12.8. The van der Waals surface area contributed by atoms with Gasteiger partial charge in [-0.15, -0.1) is 0 Å². The standard InChI is InChI=1S/C24H28N4O6/c1-6-33-20(30)12-18(16-8-7-9-17(11-16)21-14(3)27-34-15(21)4)25-24(32)26-22-19(29)10-13(2)28(5)23(22)31/h7-11,18,29H,6,12H2,1-5H3,(H2,25,26,32)/t18-/m0/s1. The van der Waals surface area contributed by atoms with Crippen LogP contribution in [0.1, 0.15) is 42.1 Å². The van der Waals surface area contributed by atoms with Crippen LogP contribution in [0.5, 0.6) is 5.75 Å². The third kappa shape index (κ3) is 5.28. The Kier molecular flexibility index (Phi) is 7.40. The number of ether oxygens (including phenoxy) is 1. The number of rotatable bonds is 7. The molecule has 0 radical (unpaired) electrons. The zero-order valence-corrected chi connectivity index (χ0v) is 19.8. The first-order valence-electron chi connectivity index (χ1n) is 10.8. The van der Waals surface area contributed by atoms with Crippen molar-refractivity contribution in [1.29, 1.82) is 0 Å². The van der Waals surface area contributed by atoms with E-state index in [9.17, 15) is 19.5 Å². The molecule has 0 aliphatic rings. The van der Waals surface area contributed by atoms with Crippen LogP contribution in [-0.2, 0) is 16.6 Å². The number of benzene rings is 1. The normalized spacial score (nSPS) is 11.7. The number of aryl methyl sites for hydroxylation is 3. The van der Waals surface area contributed by atoms with Crippen molar-refractivity contribution in [2.24, 2.45) is 7.05 Å². The van der Waals surface area contributed by atoms with Gasteiger partial charge in [0.2, 0.25) is 0 Å². The zero-order valence-electron chi connectivity index (χ0n) is 19.8. The number of hydrogen-bond donors (Lipinski definition) is 3. The Hall–Kier alpha value is -4.08. The number of carbonyl (C=O) groups is 2. The van der Waals surface area contributed by atoms with Crippen molar-refractivity contribution in [3.63, 3.8) is 0 Å². The molecule has 0 spiro atoms. The Balaban J connectivity index is 1.91. The Labute approximate surface area is 196 Å². The molecule has 0 saturated heterocycles. The van der Waals surface area contributed by atoms with Gasteiger partial charge >= 0.3 is 12.0 Å². The summed E-state index contributed by atoms with van der Waals surface area (Å²) in [7, 11) is 1.53. The highest BCUT2D eigenvalue weighted by Crippen LogP contribution is 2.30. The second-order valence-corrected chi connectivity index (χ2v) is 7.89. The van der Waals surface area contributed by atoms with Crippen molar-refractivity contribution in [2.75, 3.05) is 11.9 Å². The number of carbonyl (C=O) groups excluding carboxylic acids is 2. The van der Waals surface area contributed by atoms with Crippen LogP contribution < -0.4 is 16.2 Å². The fourth-order valence-electron chi connectivity index (χ4n) is 3.67. The second-order valence-electron chi connectivity index (χ2n) is 7.89. The van der Waals surface area contributed by atoms with Crippen LogP contribution >= 0.6 is 0 Å². The van der Waals surface area contributed by atoms with Crippen LogP contribution in [0.4, 0.5) is 10.5 Å². The van der Waals surface area contributed by atoms with Gasteiger partial charge in [0.15, 0.2) is 5.69 Å². The van der Waals surface area contributed by atoms with Crippen LogP contribution in [0, 0.1) is 20.8 Å². The first kappa shape index (κ1) is 24.6. The molecule has 3 N–H and O–H groups in total. The van der Waals surface area contributed by atoms with E-state index in [0.717, 1.165) is 11.1 Å². The van der Waals surface area contributed by atoms with Gasteiger partial charge in [0.1, 0.15) is 11.5 Å². The summed E-state index contributed by atoms with van der Waals surface area (Å²) in [4.78, 5) is 37.5. The molecule has 1 aromatic carbocycles. The summed E-state index contributed by atoms with van der Waals surface area (Å²) >= 11 is 0. The number of esters is 1. The maximum absolute atomic E-state index is 12.8. The first-order chi connectivity index (χ1) is 16.1. The molecule has 10 nitrogen and oxygen atoms in total. The molecular formula is C24H28N4O6. The number of pyridine rings is 1. The minimum Gasteiger partial charge on any atom is -0.505 e. The average molecular weight is 469 g/mol. The highest BCUT2D eigenvalue weighted by Gasteiger charge is 2.22. The van der Waals surface area contributed by atoms with Crippen molar-refractivity contribution >= 4 is 17.7 Å². The van der Waals surface area contributed by atoms with E-state index >= 15 is 0 Å². The molecule has 0 bridgehead atoms. The van der Waals surface area contributed by atoms with Gasteiger partial charge < -0.3 is 29.6 Å². The van der Waals surface area contributed by atoms with E-state index in [2.05, 4.69) is 15.8 Å². The fraction of sp³-hybridized carbons (Fsp3) is 0.333. The monoisotopic (exact) mass is 468 g/mol. The van der Waals surface area contributed by atoms with Gasteiger partial charge in [-0.25, -0.2) is 4.79 Å². The zero-order chi connectivity index (χ0) is 25.0. The van der Waals surface area contributed by atoms with E-state index in [1.165, 1.54) is 17.7 Å². The fourth-order valence-corrected chi connectivity index (χ4v) is 3.67. The molecule has 34 heavy (non-hydrogen) atoms. The van der Waals surface area contributed by atoms with E-state index in [4.69, 9.17) is 9.26 Å². The number of amides is 2. The third-order valence-corrected chi connectivity index (χ3v) is 5.48. The Morgan fingerprint density at radius 2 is 1.97 bits per heavy atom. The molecule has 10 heteroatoms. The van der Waals surface area contributed by atoms with Gasteiger partial charge in [0.05, 0.1) is 24.8 Å². The number of nitrogens with one attached hydrogen (secondary N) is 2. The van der Waals surface area contributed by atoms with E-state index in [1.54, 1.807) is 32.9 Å². The molecule has 0 fully saturated rings. The van der Waals surface area contributed by atoms with E-state index < -0.39 is 23.6 Å². The molecule has 1 atom stereocenters. The molecule has 2 amide bonds. The highest BCUT2D eigenvalue weighted by molar-refractivity contribution is 5.91. The van der Waals surface area contributed by atoms with Crippen LogP contribution in [0.15, 0.2) is 39.6 Å². The lowest BCUT2D eigenvalue weighted by atomic mass is 9.97. The molecule has 2 aromatic heterocycles. The minimum absolute atomic E-state index is 0.135. The number of aromatic nitrogens is 2. The van der Waals surface area contributed by atoms with Gasteiger partial charge in [0.25, 0.3) is 5.56 Å². The van der Waals surface area contributed by atoms with Crippen LogP contribution in [0.25, 0.3) is 11.1 Å². The predicted octanol–water partition coefficient (Wildman–Crippen LogP) is 3.49. The topological polar surface area (TPSA) is 136 Å². The predicted molar refractivity (Wildman–Crippen MR) is 126 cm³/mol. The lowest BCUT2D eigenvalue weighted by Crippen LogP contribution is -2.36. The molecule has 3 rings (SSSR count). The summed E-state index contributed by atoms with van der Waals surface area (Å²) in [5.74, 6) is -0.198. The molecule has 0 aliphatic heterocycles.